The highest BCUT2D eigenvalue weighted by Crippen LogP contribution is 2.28. The number of nitrogens with zero attached hydrogens (tertiary/aromatic N) is 3. The predicted octanol–water partition coefficient (Wildman–Crippen LogP) is 3.57. The van der Waals surface area contributed by atoms with E-state index in [0.29, 0.717) is 23.6 Å². The van der Waals surface area contributed by atoms with E-state index in [9.17, 15) is 18.5 Å². The molecule has 8 nitrogen and oxygen atoms in total. The van der Waals surface area contributed by atoms with E-state index in [-0.39, 0.29) is 4.90 Å². The van der Waals surface area contributed by atoms with E-state index in [2.05, 4.69) is 9.82 Å². The summed E-state index contributed by atoms with van der Waals surface area (Å²) in [7, 11) is -4.15. The lowest BCUT2D eigenvalue weighted by Gasteiger charge is -2.10. The lowest BCUT2D eigenvalue weighted by Crippen LogP contribution is -2.16. The number of para-hydroxylation sites is 1. The number of benzene rings is 2. The molecule has 1 heterocycles. The molecule has 2 aromatic carbocycles. The van der Waals surface area contributed by atoms with Gasteiger partial charge >= 0.3 is 0 Å². The van der Waals surface area contributed by atoms with Crippen molar-refractivity contribution in [2.24, 2.45) is 0 Å². The van der Waals surface area contributed by atoms with Gasteiger partial charge in [0.15, 0.2) is 4.90 Å². The Morgan fingerprint density at radius 1 is 1.07 bits per heavy atom. The summed E-state index contributed by atoms with van der Waals surface area (Å²) in [5.74, 6) is 0. The van der Waals surface area contributed by atoms with Gasteiger partial charge in [0.05, 0.1) is 28.5 Å². The molecule has 0 radical (unpaired) electrons. The van der Waals surface area contributed by atoms with E-state index in [0.717, 1.165) is 17.2 Å². The highest BCUT2D eigenvalue weighted by Gasteiger charge is 2.27. The van der Waals surface area contributed by atoms with E-state index in [1.54, 1.807) is 18.5 Å². The molecule has 0 unspecified atom stereocenters. The summed E-state index contributed by atoms with van der Waals surface area (Å²) in [6, 6.07) is 13.1. The normalized spacial score (nSPS) is 11.4. The summed E-state index contributed by atoms with van der Waals surface area (Å²) in [4.78, 5) is 10.1. The third-order valence-electron chi connectivity index (χ3n) is 4.55. The lowest BCUT2D eigenvalue weighted by atomic mass is 10.1. The van der Waals surface area contributed by atoms with Crippen LogP contribution in [0.2, 0.25) is 0 Å². The van der Waals surface area contributed by atoms with Crippen LogP contribution in [0.1, 0.15) is 22.5 Å². The zero-order valence-electron chi connectivity index (χ0n) is 15.7. The van der Waals surface area contributed by atoms with Gasteiger partial charge in [0.25, 0.3) is 15.7 Å². The highest BCUT2D eigenvalue weighted by atomic mass is 32.2. The predicted molar refractivity (Wildman–Crippen MR) is 106 cm³/mol. The van der Waals surface area contributed by atoms with Crippen LogP contribution in [-0.2, 0) is 16.6 Å². The number of anilines is 1. The summed E-state index contributed by atoms with van der Waals surface area (Å²) in [6.07, 6.45) is 0. The van der Waals surface area contributed by atoms with Crippen LogP contribution in [0.25, 0.3) is 0 Å². The molecular formula is C19H20N4O4S. The Kier molecular flexibility index (Phi) is 5.19. The molecule has 0 fully saturated rings. The number of nitrogens with one attached hydrogen (secondary N) is 1. The van der Waals surface area contributed by atoms with Crippen LogP contribution < -0.4 is 4.72 Å². The highest BCUT2D eigenvalue weighted by molar-refractivity contribution is 7.92. The van der Waals surface area contributed by atoms with Crippen LogP contribution in [0.5, 0.6) is 0 Å². The third kappa shape index (κ3) is 3.74. The van der Waals surface area contributed by atoms with Gasteiger partial charge in [0.1, 0.15) is 0 Å². The molecule has 0 saturated heterocycles. The fraction of sp³-hybridized carbons (Fsp3) is 0.211. The van der Waals surface area contributed by atoms with Crippen LogP contribution >= 0.6 is 0 Å². The van der Waals surface area contributed by atoms with Gasteiger partial charge in [0, 0.05) is 6.07 Å². The van der Waals surface area contributed by atoms with Crippen LogP contribution in [-0.4, -0.2) is 23.1 Å². The van der Waals surface area contributed by atoms with Gasteiger partial charge < -0.3 is 0 Å². The van der Waals surface area contributed by atoms with Crippen molar-refractivity contribution in [3.63, 3.8) is 0 Å². The summed E-state index contributed by atoms with van der Waals surface area (Å²) in [5, 5.41) is 15.6. The van der Waals surface area contributed by atoms with Gasteiger partial charge in [0.2, 0.25) is 0 Å². The summed E-state index contributed by atoms with van der Waals surface area (Å²) in [6.45, 7) is 5.94. The smallest absolute Gasteiger partial charge is 0.276 e. The fourth-order valence-electron chi connectivity index (χ4n) is 2.97. The van der Waals surface area contributed by atoms with E-state index in [1.807, 2.05) is 31.2 Å². The standard InChI is InChI=1S/C19H20N4O4S/c1-13-8-4-5-9-16(13)12-22-15(3)19(14(2)20-22)21-28(26,27)18-11-7-6-10-17(18)23(24)25/h4-11,21H,12H2,1-3H3. The molecule has 0 bridgehead atoms. The lowest BCUT2D eigenvalue weighted by molar-refractivity contribution is -0.387. The molecule has 0 spiro atoms. The van der Waals surface area contributed by atoms with Crippen LogP contribution in [0, 0.1) is 30.9 Å². The minimum absolute atomic E-state index is 0.326. The number of aryl methyl sites for hydroxylation is 2. The summed E-state index contributed by atoms with van der Waals surface area (Å²) in [5.41, 5.74) is 3.15. The second-order valence-corrected chi connectivity index (χ2v) is 8.11. The molecule has 0 aliphatic rings. The maximum atomic E-state index is 12.8. The number of nitro groups is 1. The van der Waals surface area contributed by atoms with E-state index in [1.165, 1.54) is 18.2 Å². The molecule has 0 aliphatic carbocycles. The van der Waals surface area contributed by atoms with E-state index >= 15 is 0 Å². The minimum Gasteiger partial charge on any atom is -0.276 e. The molecule has 146 valence electrons. The van der Waals surface area contributed by atoms with Crippen LogP contribution in [0.3, 0.4) is 0 Å². The monoisotopic (exact) mass is 400 g/mol. The van der Waals surface area contributed by atoms with Gasteiger partial charge in [-0.05, 0) is 38.0 Å². The second-order valence-electron chi connectivity index (χ2n) is 6.46. The first-order chi connectivity index (χ1) is 13.2. The van der Waals surface area contributed by atoms with Crippen molar-refractivity contribution in [2.45, 2.75) is 32.2 Å². The molecule has 0 saturated carbocycles. The molecule has 1 aromatic heterocycles. The van der Waals surface area contributed by atoms with Crippen molar-refractivity contribution in [3.05, 3.63) is 81.2 Å². The Morgan fingerprint density at radius 3 is 2.39 bits per heavy atom. The average Bonchev–Trinajstić information content (AvgIpc) is 2.91. The maximum Gasteiger partial charge on any atom is 0.289 e. The number of hydrogen-bond donors (Lipinski definition) is 1. The molecule has 0 aliphatic heterocycles. The number of rotatable bonds is 6. The Balaban J connectivity index is 1.97. The molecule has 3 rings (SSSR count). The SMILES string of the molecule is Cc1ccccc1Cn1nc(C)c(NS(=O)(=O)c2ccccc2[N+](=O)[O-])c1C. The third-order valence-corrected chi connectivity index (χ3v) is 5.95. The Bertz CT molecular complexity index is 1150. The van der Waals surface area contributed by atoms with E-state index in [4.69, 9.17) is 0 Å². The molecule has 9 heteroatoms. The zero-order chi connectivity index (χ0) is 20.5. The first-order valence-corrected chi connectivity index (χ1v) is 10.0. The Morgan fingerprint density at radius 2 is 1.71 bits per heavy atom. The maximum absolute atomic E-state index is 12.8. The molecular weight excluding hydrogens is 380 g/mol. The van der Waals surface area contributed by atoms with Crippen molar-refractivity contribution >= 4 is 21.4 Å². The molecule has 28 heavy (non-hydrogen) atoms. The van der Waals surface area contributed by atoms with Crippen LogP contribution in [0.15, 0.2) is 53.4 Å². The first-order valence-electron chi connectivity index (χ1n) is 8.55. The molecule has 1 N–H and O–H groups in total. The quantitative estimate of drug-likeness (QED) is 0.503. The number of nitro benzene ring substituents is 1. The van der Waals surface area contributed by atoms with Gasteiger partial charge in [-0.15, -0.1) is 0 Å². The Hall–Kier alpha value is -3.20. The molecule has 0 atom stereocenters. The van der Waals surface area contributed by atoms with Crippen molar-refractivity contribution in [1.82, 2.24) is 9.78 Å². The second kappa shape index (κ2) is 7.43. The van der Waals surface area contributed by atoms with Gasteiger partial charge in [-0.25, -0.2) is 8.42 Å². The van der Waals surface area contributed by atoms with E-state index < -0.39 is 20.6 Å². The van der Waals surface area contributed by atoms with Crippen molar-refractivity contribution in [3.8, 4) is 0 Å². The minimum atomic E-state index is -4.15. The molecule has 0 amide bonds. The summed E-state index contributed by atoms with van der Waals surface area (Å²) < 4.78 is 29.8. The van der Waals surface area contributed by atoms with Crippen molar-refractivity contribution in [2.75, 3.05) is 4.72 Å². The largest absolute Gasteiger partial charge is 0.289 e. The summed E-state index contributed by atoms with van der Waals surface area (Å²) >= 11 is 0. The zero-order valence-corrected chi connectivity index (χ0v) is 16.5. The number of hydrogen-bond acceptors (Lipinski definition) is 5. The van der Waals surface area contributed by atoms with Gasteiger partial charge in [-0.3, -0.25) is 19.5 Å². The van der Waals surface area contributed by atoms with Crippen molar-refractivity contribution < 1.29 is 13.3 Å². The molecule has 3 aromatic rings. The Labute approximate surface area is 163 Å². The average molecular weight is 400 g/mol. The van der Waals surface area contributed by atoms with Gasteiger partial charge in [-0.1, -0.05) is 36.4 Å². The van der Waals surface area contributed by atoms with Gasteiger partial charge in [-0.2, -0.15) is 5.10 Å². The first kappa shape index (κ1) is 19.6. The topological polar surface area (TPSA) is 107 Å². The van der Waals surface area contributed by atoms with Crippen LogP contribution in [0.4, 0.5) is 11.4 Å². The van der Waals surface area contributed by atoms with Crippen molar-refractivity contribution in [1.29, 1.82) is 0 Å². The number of aromatic nitrogens is 2. The fourth-order valence-corrected chi connectivity index (χ4v) is 4.32. The number of sulfonamides is 1.